The quantitative estimate of drug-likeness (QED) is 0.483. The Bertz CT molecular complexity index is 686. The summed E-state index contributed by atoms with van der Waals surface area (Å²) in [6.07, 6.45) is 3.19. The molecule has 2 heterocycles. The average molecular weight is 359 g/mol. The van der Waals surface area contributed by atoms with E-state index in [4.69, 9.17) is 15.6 Å². The fourth-order valence-corrected chi connectivity index (χ4v) is 3.64. The van der Waals surface area contributed by atoms with E-state index < -0.39 is 37.1 Å². The number of aromatic nitrogens is 2. The van der Waals surface area contributed by atoms with Crippen molar-refractivity contribution in [2.75, 3.05) is 31.8 Å². The van der Waals surface area contributed by atoms with Gasteiger partial charge in [-0.1, -0.05) is 0 Å². The minimum Gasteiger partial charge on any atom is -0.396 e. The molecule has 9 heteroatoms. The Labute approximate surface area is 140 Å². The van der Waals surface area contributed by atoms with Gasteiger partial charge in [0, 0.05) is 24.8 Å². The zero-order chi connectivity index (χ0) is 18.1. The fourth-order valence-electron chi connectivity index (χ4n) is 2.69. The van der Waals surface area contributed by atoms with Crippen molar-refractivity contribution in [3.05, 3.63) is 22.2 Å². The molecule has 1 aromatic rings. The maximum Gasteiger partial charge on any atom is 0.351 e. The number of nitrogens with two attached hydrogens (primary N) is 1. The third kappa shape index (κ3) is 4.26. The summed E-state index contributed by atoms with van der Waals surface area (Å²) in [7, 11) is 0. The molecule has 24 heavy (non-hydrogen) atoms. The van der Waals surface area contributed by atoms with Gasteiger partial charge in [-0.3, -0.25) is 4.57 Å². The van der Waals surface area contributed by atoms with E-state index in [1.807, 2.05) is 0 Å². The topological polar surface area (TPSA) is 131 Å². The summed E-state index contributed by atoms with van der Waals surface area (Å²) in [5.41, 5.74) is 5.48. The van der Waals surface area contributed by atoms with Gasteiger partial charge in [0.05, 0.1) is 6.10 Å². The SMILES string of the molecule is C=P(C)(C)CC[C@H]1OC(n2cc(CCO)c(N)nc2=O)[C@H](O)[C@@H]1O. The molecule has 1 unspecified atom stereocenters. The van der Waals surface area contributed by atoms with Crippen LogP contribution >= 0.6 is 6.89 Å². The van der Waals surface area contributed by atoms with Gasteiger partial charge >= 0.3 is 5.69 Å². The molecular formula is C15H26N3O5P. The number of hydrogen-bond acceptors (Lipinski definition) is 7. The van der Waals surface area contributed by atoms with Crippen molar-refractivity contribution in [2.24, 2.45) is 0 Å². The Kier molecular flexibility index (Phi) is 5.88. The first kappa shape index (κ1) is 19.1. The molecule has 0 aromatic carbocycles. The third-order valence-corrected chi connectivity index (χ3v) is 5.54. The lowest BCUT2D eigenvalue weighted by Crippen LogP contribution is -2.36. The largest absolute Gasteiger partial charge is 0.396 e. The number of ether oxygens (including phenoxy) is 1. The van der Waals surface area contributed by atoms with Gasteiger partial charge in [-0.25, -0.2) is 4.79 Å². The van der Waals surface area contributed by atoms with Gasteiger partial charge < -0.3 is 25.8 Å². The highest BCUT2D eigenvalue weighted by Gasteiger charge is 2.44. The fraction of sp³-hybridized carbons (Fsp3) is 0.667. The molecule has 1 saturated heterocycles. The van der Waals surface area contributed by atoms with Crippen LogP contribution in [0.3, 0.4) is 0 Å². The van der Waals surface area contributed by atoms with E-state index in [-0.39, 0.29) is 18.8 Å². The third-order valence-electron chi connectivity index (χ3n) is 4.07. The van der Waals surface area contributed by atoms with E-state index in [0.717, 1.165) is 10.7 Å². The summed E-state index contributed by atoms with van der Waals surface area (Å²) in [6, 6.07) is 0. The molecule has 0 amide bonds. The second-order valence-electron chi connectivity index (χ2n) is 6.81. The van der Waals surface area contributed by atoms with Crippen LogP contribution in [0.1, 0.15) is 18.2 Å². The van der Waals surface area contributed by atoms with E-state index >= 15 is 0 Å². The smallest absolute Gasteiger partial charge is 0.351 e. The standard InChI is InChI=1S/C15H26N3O5P/c1-24(2,3)7-5-10-11(20)12(21)14(23-10)18-8-9(4-6-19)13(16)17-15(18)22/h8,10-12,14,19-21H,1,4-7H2,2-3H3,(H2,16,17,22)/t10-,11-,12-,14?/m1/s1. The number of rotatable bonds is 6. The molecule has 2 rings (SSSR count). The van der Waals surface area contributed by atoms with Crippen LogP contribution in [0.4, 0.5) is 5.82 Å². The highest BCUT2D eigenvalue weighted by atomic mass is 31.2. The van der Waals surface area contributed by atoms with Gasteiger partial charge in [-0.05, 0) is 25.9 Å². The highest BCUT2D eigenvalue weighted by molar-refractivity contribution is 7.72. The van der Waals surface area contributed by atoms with E-state index in [1.165, 1.54) is 6.20 Å². The monoisotopic (exact) mass is 359 g/mol. The molecule has 1 aliphatic rings. The van der Waals surface area contributed by atoms with Gasteiger partial charge in [-0.15, -0.1) is 13.2 Å². The molecule has 1 fully saturated rings. The van der Waals surface area contributed by atoms with Crippen molar-refractivity contribution in [1.82, 2.24) is 9.55 Å². The zero-order valence-electron chi connectivity index (χ0n) is 14.0. The van der Waals surface area contributed by atoms with Gasteiger partial charge in [0.15, 0.2) is 6.23 Å². The normalized spacial score (nSPS) is 27.5. The molecule has 4 atom stereocenters. The number of nitrogen functional groups attached to an aromatic ring is 1. The lowest BCUT2D eigenvalue weighted by Gasteiger charge is -2.19. The molecule has 1 aliphatic heterocycles. The van der Waals surface area contributed by atoms with E-state index in [1.54, 1.807) is 0 Å². The van der Waals surface area contributed by atoms with Crippen molar-refractivity contribution in [1.29, 1.82) is 0 Å². The van der Waals surface area contributed by atoms with Crippen molar-refractivity contribution >= 4 is 19.0 Å². The minimum atomic E-state index is -1.29. The Balaban J connectivity index is 2.24. The molecule has 136 valence electrons. The number of hydrogen-bond donors (Lipinski definition) is 4. The molecule has 5 N–H and O–H groups in total. The maximum atomic E-state index is 12.1. The summed E-state index contributed by atoms with van der Waals surface area (Å²) in [6.45, 7) is 2.73. The van der Waals surface area contributed by atoms with Gasteiger partial charge in [0.25, 0.3) is 0 Å². The summed E-state index contributed by atoms with van der Waals surface area (Å²) < 4.78 is 6.86. The lowest BCUT2D eigenvalue weighted by atomic mass is 10.1. The van der Waals surface area contributed by atoms with Gasteiger partial charge in [0.2, 0.25) is 0 Å². The summed E-state index contributed by atoms with van der Waals surface area (Å²) >= 11 is 0. The summed E-state index contributed by atoms with van der Waals surface area (Å²) in [5.74, 6) is 0.0403. The molecule has 0 aliphatic carbocycles. The molecule has 8 nitrogen and oxygen atoms in total. The number of aliphatic hydroxyl groups is 3. The van der Waals surface area contributed by atoms with Crippen LogP contribution in [0.5, 0.6) is 0 Å². The van der Waals surface area contributed by atoms with Crippen LogP contribution in [-0.2, 0) is 11.2 Å². The maximum absolute atomic E-state index is 12.1. The van der Waals surface area contributed by atoms with E-state index in [9.17, 15) is 15.0 Å². The van der Waals surface area contributed by atoms with Crippen molar-refractivity contribution < 1.29 is 20.1 Å². The van der Waals surface area contributed by atoms with Crippen molar-refractivity contribution in [2.45, 2.75) is 37.4 Å². The molecule has 0 spiro atoms. The van der Waals surface area contributed by atoms with Crippen LogP contribution in [0.25, 0.3) is 0 Å². The Hall–Kier alpha value is -1.18. The molecule has 1 aromatic heterocycles. The van der Waals surface area contributed by atoms with Crippen LogP contribution in [-0.4, -0.2) is 75.6 Å². The first-order valence-corrected chi connectivity index (χ1v) is 10.9. The van der Waals surface area contributed by atoms with Crippen LogP contribution in [0.2, 0.25) is 0 Å². The Morgan fingerprint density at radius 3 is 2.67 bits per heavy atom. The number of nitrogens with zero attached hydrogens (tertiary/aromatic N) is 2. The predicted molar refractivity (Wildman–Crippen MR) is 95.0 cm³/mol. The van der Waals surface area contributed by atoms with Crippen LogP contribution in [0, 0.1) is 0 Å². The minimum absolute atomic E-state index is 0.0403. The summed E-state index contributed by atoms with van der Waals surface area (Å²) in [5, 5.41) is 29.6. The summed E-state index contributed by atoms with van der Waals surface area (Å²) in [4.78, 5) is 15.8. The second kappa shape index (κ2) is 7.37. The molecule has 0 bridgehead atoms. The first-order valence-electron chi connectivity index (χ1n) is 7.81. The Morgan fingerprint density at radius 1 is 1.42 bits per heavy atom. The zero-order valence-corrected chi connectivity index (χ0v) is 14.9. The lowest BCUT2D eigenvalue weighted by molar-refractivity contribution is -0.0402. The second-order valence-corrected chi connectivity index (χ2v) is 11.1. The van der Waals surface area contributed by atoms with Crippen molar-refractivity contribution in [3.63, 3.8) is 0 Å². The van der Waals surface area contributed by atoms with Crippen molar-refractivity contribution in [3.8, 4) is 0 Å². The van der Waals surface area contributed by atoms with E-state index in [2.05, 4.69) is 24.6 Å². The van der Waals surface area contributed by atoms with Crippen LogP contribution in [0.15, 0.2) is 11.0 Å². The molecule has 0 radical (unpaired) electrons. The Morgan fingerprint density at radius 2 is 2.08 bits per heavy atom. The molecule has 0 saturated carbocycles. The highest BCUT2D eigenvalue weighted by Crippen LogP contribution is 2.39. The predicted octanol–water partition coefficient (Wildman–Crippen LogP) is -0.921. The average Bonchev–Trinajstić information content (AvgIpc) is 2.75. The van der Waals surface area contributed by atoms with Crippen LogP contribution < -0.4 is 11.4 Å². The number of anilines is 1. The first-order chi connectivity index (χ1) is 11.1. The van der Waals surface area contributed by atoms with E-state index in [0.29, 0.717) is 12.0 Å². The molecular weight excluding hydrogens is 333 g/mol. The van der Waals surface area contributed by atoms with Gasteiger partial charge in [-0.2, -0.15) is 4.98 Å². The van der Waals surface area contributed by atoms with Gasteiger partial charge in [0.1, 0.15) is 18.0 Å². The number of aliphatic hydroxyl groups excluding tert-OH is 3.